The Kier molecular flexibility index (Phi) is 12.8. The van der Waals surface area contributed by atoms with Gasteiger partial charge >= 0.3 is 6.03 Å². The molecule has 270 valence electrons. The number of nitrogens with zero attached hydrogens (tertiary/aromatic N) is 2. The number of hydrogen-bond donors (Lipinski definition) is 3. The van der Waals surface area contributed by atoms with Gasteiger partial charge in [0.15, 0.2) is 11.5 Å². The number of benzene rings is 3. The van der Waals surface area contributed by atoms with Crippen molar-refractivity contribution >= 4 is 23.3 Å². The van der Waals surface area contributed by atoms with Crippen LogP contribution in [0.2, 0.25) is 0 Å². The fraction of sp³-hybridized carbons (Fsp3) is 0.474. The SMILES string of the molecule is COc1ccc(CN(C)C[C@@H]2OCCCC[C@@H](C)Oc3ccc(NC(=O)Nc4ccc5c(c4)OCO5)cc3C(=O)N([C@@H](C)CO)C[C@H]2C)cc1. The molecule has 3 aromatic carbocycles. The normalized spacial score (nSPS) is 20.3. The summed E-state index contributed by atoms with van der Waals surface area (Å²) in [5, 5.41) is 15.9. The topological polar surface area (TPSA) is 131 Å². The van der Waals surface area contributed by atoms with Crippen molar-refractivity contribution in [2.24, 2.45) is 5.92 Å². The van der Waals surface area contributed by atoms with E-state index in [0.717, 1.165) is 37.1 Å². The zero-order valence-corrected chi connectivity index (χ0v) is 29.6. The van der Waals surface area contributed by atoms with Gasteiger partial charge < -0.3 is 44.3 Å². The van der Waals surface area contributed by atoms with Crippen LogP contribution in [0.25, 0.3) is 0 Å². The van der Waals surface area contributed by atoms with Gasteiger partial charge in [-0.1, -0.05) is 19.1 Å². The summed E-state index contributed by atoms with van der Waals surface area (Å²) in [5.41, 5.74) is 2.41. The highest BCUT2D eigenvalue weighted by Crippen LogP contribution is 2.34. The summed E-state index contributed by atoms with van der Waals surface area (Å²) < 4.78 is 28.9. The van der Waals surface area contributed by atoms with Crippen molar-refractivity contribution in [3.63, 3.8) is 0 Å². The summed E-state index contributed by atoms with van der Waals surface area (Å²) in [4.78, 5) is 31.4. The molecule has 0 saturated carbocycles. The van der Waals surface area contributed by atoms with Crippen LogP contribution in [0.4, 0.5) is 16.2 Å². The molecule has 3 amide bonds. The molecule has 0 bridgehead atoms. The third kappa shape index (κ3) is 9.80. The maximum absolute atomic E-state index is 14.4. The standard InChI is InChI=1S/C38H50N4O8/c1-25-20-42(26(2)23-43)37(44)32-18-29(39-38(45)40-30-12-16-34-35(19-30)49-24-48-34)11-15-33(32)50-27(3)8-6-7-17-47-36(25)22-41(4)21-28-9-13-31(46-5)14-10-28/h9-16,18-19,25-27,36,43H,6-8,17,20-24H2,1-5H3,(H2,39,40,45)/t25-,26+,27-,36+/m1/s1. The second kappa shape index (κ2) is 17.4. The number of nitrogens with one attached hydrogen (secondary N) is 2. The molecule has 0 saturated heterocycles. The number of methoxy groups -OCH3 is 1. The molecule has 0 aliphatic carbocycles. The van der Waals surface area contributed by atoms with Gasteiger partial charge in [0.1, 0.15) is 11.5 Å². The number of likely N-dealkylation sites (N-methyl/N-ethyl adjacent to an activating group) is 1. The lowest BCUT2D eigenvalue weighted by molar-refractivity contribution is -0.0177. The Bertz CT molecular complexity index is 1590. The smallest absolute Gasteiger partial charge is 0.323 e. The molecule has 0 fully saturated rings. The number of rotatable bonds is 9. The number of amides is 3. The van der Waals surface area contributed by atoms with Crippen molar-refractivity contribution in [1.82, 2.24) is 9.80 Å². The number of urea groups is 1. The van der Waals surface area contributed by atoms with Crippen LogP contribution in [0.3, 0.4) is 0 Å². The molecular formula is C38H50N4O8. The summed E-state index contributed by atoms with van der Waals surface area (Å²) in [6.45, 7) is 8.14. The van der Waals surface area contributed by atoms with Gasteiger partial charge in [0.2, 0.25) is 6.79 Å². The Morgan fingerprint density at radius 1 is 1.00 bits per heavy atom. The van der Waals surface area contributed by atoms with Gasteiger partial charge in [0.25, 0.3) is 5.91 Å². The summed E-state index contributed by atoms with van der Waals surface area (Å²) >= 11 is 0. The number of aliphatic hydroxyl groups is 1. The molecule has 2 heterocycles. The monoisotopic (exact) mass is 690 g/mol. The summed E-state index contributed by atoms with van der Waals surface area (Å²) in [6.07, 6.45) is 2.24. The molecule has 0 aromatic heterocycles. The first kappa shape index (κ1) is 36.8. The zero-order chi connectivity index (χ0) is 35.6. The Balaban J connectivity index is 1.35. The van der Waals surface area contributed by atoms with Crippen molar-refractivity contribution in [1.29, 1.82) is 0 Å². The highest BCUT2D eigenvalue weighted by molar-refractivity contribution is 6.02. The van der Waals surface area contributed by atoms with E-state index < -0.39 is 12.1 Å². The Hall–Kier alpha value is -4.52. The third-order valence-corrected chi connectivity index (χ3v) is 9.04. The van der Waals surface area contributed by atoms with Gasteiger partial charge in [-0.05, 0) is 88.2 Å². The first-order chi connectivity index (χ1) is 24.1. The Morgan fingerprint density at radius 2 is 1.70 bits per heavy atom. The van der Waals surface area contributed by atoms with Crippen LogP contribution >= 0.6 is 0 Å². The molecule has 0 radical (unpaired) electrons. The molecule has 2 aliphatic rings. The lowest BCUT2D eigenvalue weighted by atomic mass is 10.0. The van der Waals surface area contributed by atoms with E-state index in [1.165, 1.54) is 0 Å². The zero-order valence-electron chi connectivity index (χ0n) is 29.6. The summed E-state index contributed by atoms with van der Waals surface area (Å²) in [5.74, 6) is 2.04. The summed E-state index contributed by atoms with van der Waals surface area (Å²) in [7, 11) is 3.72. The maximum Gasteiger partial charge on any atom is 0.323 e. The van der Waals surface area contributed by atoms with Gasteiger partial charge in [-0.15, -0.1) is 0 Å². The fourth-order valence-corrected chi connectivity index (χ4v) is 6.15. The van der Waals surface area contributed by atoms with Gasteiger partial charge in [0, 0.05) is 49.6 Å². The molecule has 2 aliphatic heterocycles. The molecule has 12 nitrogen and oxygen atoms in total. The van der Waals surface area contributed by atoms with Crippen molar-refractivity contribution < 1.29 is 38.4 Å². The van der Waals surface area contributed by atoms with E-state index in [2.05, 4.69) is 41.6 Å². The minimum Gasteiger partial charge on any atom is -0.497 e. The quantitative estimate of drug-likeness (QED) is 0.248. The van der Waals surface area contributed by atoms with E-state index in [4.69, 9.17) is 23.7 Å². The first-order valence-electron chi connectivity index (χ1n) is 17.3. The van der Waals surface area contributed by atoms with Gasteiger partial charge in [-0.2, -0.15) is 0 Å². The van der Waals surface area contributed by atoms with Crippen LogP contribution in [0.15, 0.2) is 60.7 Å². The maximum atomic E-state index is 14.4. The van der Waals surface area contributed by atoms with Crippen molar-refractivity contribution in [2.75, 3.05) is 57.9 Å². The molecule has 0 unspecified atom stereocenters. The molecule has 5 rings (SSSR count). The average molecular weight is 691 g/mol. The first-order valence-corrected chi connectivity index (χ1v) is 17.3. The number of carbonyl (C=O) groups excluding carboxylic acids is 2. The number of anilines is 2. The minimum absolute atomic E-state index is 0.0636. The molecular weight excluding hydrogens is 640 g/mol. The van der Waals surface area contributed by atoms with E-state index in [1.807, 2.05) is 26.0 Å². The van der Waals surface area contributed by atoms with Crippen molar-refractivity contribution in [3.8, 4) is 23.0 Å². The fourth-order valence-electron chi connectivity index (χ4n) is 6.15. The van der Waals surface area contributed by atoms with Crippen molar-refractivity contribution in [3.05, 3.63) is 71.8 Å². The molecule has 50 heavy (non-hydrogen) atoms. The van der Waals surface area contributed by atoms with E-state index in [0.29, 0.717) is 53.9 Å². The third-order valence-electron chi connectivity index (χ3n) is 9.04. The predicted octanol–water partition coefficient (Wildman–Crippen LogP) is 6.00. The van der Waals surface area contributed by atoms with E-state index in [1.54, 1.807) is 48.4 Å². The number of fused-ring (bicyclic) bond motifs is 2. The minimum atomic E-state index is -0.487. The molecule has 0 spiro atoms. The second-order valence-corrected chi connectivity index (χ2v) is 13.2. The van der Waals surface area contributed by atoms with Crippen LogP contribution < -0.4 is 29.6 Å². The van der Waals surface area contributed by atoms with Gasteiger partial charge in [-0.25, -0.2) is 4.79 Å². The Morgan fingerprint density at radius 3 is 2.42 bits per heavy atom. The second-order valence-electron chi connectivity index (χ2n) is 13.2. The van der Waals surface area contributed by atoms with E-state index in [-0.39, 0.29) is 37.4 Å². The molecule has 3 N–H and O–H groups in total. The lowest BCUT2D eigenvalue weighted by Gasteiger charge is -2.36. The average Bonchev–Trinajstić information content (AvgIpc) is 3.58. The van der Waals surface area contributed by atoms with E-state index >= 15 is 0 Å². The lowest BCUT2D eigenvalue weighted by Crippen LogP contribution is -2.47. The molecule has 4 atom stereocenters. The Labute approximate surface area is 294 Å². The summed E-state index contributed by atoms with van der Waals surface area (Å²) in [6, 6.07) is 17.3. The number of ether oxygens (including phenoxy) is 5. The predicted molar refractivity (Wildman–Crippen MR) is 191 cm³/mol. The van der Waals surface area contributed by atoms with E-state index in [9.17, 15) is 14.7 Å². The number of aliphatic hydroxyl groups excluding tert-OH is 1. The molecule has 3 aromatic rings. The van der Waals surface area contributed by atoms with Crippen LogP contribution in [0.5, 0.6) is 23.0 Å². The number of hydrogen-bond acceptors (Lipinski definition) is 9. The highest BCUT2D eigenvalue weighted by atomic mass is 16.7. The van der Waals surface area contributed by atoms with Crippen molar-refractivity contribution in [2.45, 2.75) is 64.8 Å². The van der Waals surface area contributed by atoms with Crippen LogP contribution in [-0.4, -0.2) is 92.3 Å². The number of carbonyl (C=O) groups is 2. The highest BCUT2D eigenvalue weighted by Gasteiger charge is 2.30. The molecule has 12 heteroatoms. The van der Waals surface area contributed by atoms with Gasteiger partial charge in [0.05, 0.1) is 37.5 Å². The van der Waals surface area contributed by atoms with Crippen LogP contribution in [-0.2, 0) is 11.3 Å². The van der Waals surface area contributed by atoms with Crippen LogP contribution in [0, 0.1) is 5.92 Å². The largest absolute Gasteiger partial charge is 0.497 e. The van der Waals surface area contributed by atoms with Gasteiger partial charge in [-0.3, -0.25) is 9.69 Å². The van der Waals surface area contributed by atoms with Crippen LogP contribution in [0.1, 0.15) is 56.0 Å².